The number of carboxylic acid groups (broad SMARTS) is 1. The number of imidazole rings is 1. The Morgan fingerprint density at radius 3 is 2.76 bits per heavy atom. The Balaban J connectivity index is 0.000000212. The molecule has 3 rings (SSSR count). The zero-order chi connectivity index (χ0) is 21.2. The Labute approximate surface area is 166 Å². The van der Waals surface area contributed by atoms with E-state index in [2.05, 4.69) is 26.9 Å². The third-order valence-electron chi connectivity index (χ3n) is 3.82. The number of aromatic nitrogens is 5. The van der Waals surface area contributed by atoms with Gasteiger partial charge in [0.25, 0.3) is 5.56 Å². The van der Waals surface area contributed by atoms with Gasteiger partial charge in [0.2, 0.25) is 5.95 Å². The molecule has 3 aromatic heterocycles. The van der Waals surface area contributed by atoms with E-state index in [1.54, 1.807) is 12.3 Å². The Morgan fingerprint density at radius 1 is 1.34 bits per heavy atom. The van der Waals surface area contributed by atoms with Crippen LogP contribution in [0.5, 0.6) is 0 Å². The van der Waals surface area contributed by atoms with Gasteiger partial charge in [-0.3, -0.25) is 14.3 Å². The van der Waals surface area contributed by atoms with E-state index in [1.807, 2.05) is 6.07 Å². The van der Waals surface area contributed by atoms with Crippen molar-refractivity contribution < 1.29 is 19.7 Å². The molecule has 29 heavy (non-hydrogen) atoms. The number of rotatable bonds is 8. The highest BCUT2D eigenvalue weighted by Crippen LogP contribution is 2.06. The summed E-state index contributed by atoms with van der Waals surface area (Å²) >= 11 is 0. The van der Waals surface area contributed by atoms with Crippen LogP contribution in [0, 0.1) is 0 Å². The Hall–Kier alpha value is -3.31. The summed E-state index contributed by atoms with van der Waals surface area (Å²) in [6.07, 6.45) is 6.31. The zero-order valence-electron chi connectivity index (χ0n) is 16.0. The lowest BCUT2D eigenvalue weighted by molar-refractivity contribution is 0.0499. The highest BCUT2D eigenvalue weighted by atomic mass is 16.5. The number of fused-ring (bicyclic) bond motifs is 1. The molecule has 0 aromatic carbocycles. The standard InChI is InChI=1S/C10H13NO2.C8H11N5O3/c1-2-3-4-8-5-6-9(10(12)13)11-7-8;9-8-11-6-5(7(15)12-8)10-3-13(6)4-16-2-1-14/h5-7H,2-4H2,1H3,(H,12,13);3,14H,1-2,4H2,(H3,9,11,12,15). The van der Waals surface area contributed by atoms with Crippen LogP contribution in [-0.2, 0) is 17.9 Å². The summed E-state index contributed by atoms with van der Waals surface area (Å²) in [7, 11) is 0. The monoisotopic (exact) mass is 404 g/mol. The average molecular weight is 404 g/mol. The number of aromatic carboxylic acids is 1. The molecule has 5 N–H and O–H groups in total. The first kappa shape index (κ1) is 22.0. The van der Waals surface area contributed by atoms with Gasteiger partial charge in [-0.25, -0.2) is 14.8 Å². The number of H-pyrrole nitrogens is 1. The summed E-state index contributed by atoms with van der Waals surface area (Å²) in [4.78, 5) is 35.9. The number of carbonyl (C=O) groups is 1. The van der Waals surface area contributed by atoms with Gasteiger partial charge in [-0.2, -0.15) is 4.98 Å². The molecule has 11 nitrogen and oxygen atoms in total. The number of anilines is 1. The van der Waals surface area contributed by atoms with Crippen LogP contribution < -0.4 is 11.3 Å². The lowest BCUT2D eigenvalue weighted by Gasteiger charge is -2.03. The average Bonchev–Trinajstić information content (AvgIpc) is 3.10. The van der Waals surface area contributed by atoms with Gasteiger partial charge >= 0.3 is 5.97 Å². The summed E-state index contributed by atoms with van der Waals surface area (Å²) < 4.78 is 6.63. The van der Waals surface area contributed by atoms with Gasteiger partial charge in [-0.05, 0) is 24.5 Å². The molecule has 0 spiro atoms. The fourth-order valence-electron chi connectivity index (χ4n) is 2.37. The van der Waals surface area contributed by atoms with Crippen molar-refractivity contribution in [2.45, 2.75) is 32.9 Å². The topological polar surface area (TPSA) is 169 Å². The molecule has 0 atom stereocenters. The van der Waals surface area contributed by atoms with Crippen molar-refractivity contribution in [2.24, 2.45) is 0 Å². The van der Waals surface area contributed by atoms with Gasteiger partial charge in [0.1, 0.15) is 12.4 Å². The van der Waals surface area contributed by atoms with E-state index >= 15 is 0 Å². The highest BCUT2D eigenvalue weighted by Gasteiger charge is 2.08. The number of aryl methyl sites for hydroxylation is 1. The van der Waals surface area contributed by atoms with Gasteiger partial charge < -0.3 is 20.7 Å². The number of aromatic amines is 1. The van der Waals surface area contributed by atoms with Gasteiger partial charge in [0.05, 0.1) is 19.5 Å². The first-order valence-corrected chi connectivity index (χ1v) is 9.03. The van der Waals surface area contributed by atoms with E-state index in [4.69, 9.17) is 20.7 Å². The quantitative estimate of drug-likeness (QED) is 0.396. The molecule has 0 amide bonds. The number of pyridine rings is 1. The molecule has 156 valence electrons. The number of nitrogens with one attached hydrogen (secondary N) is 1. The van der Waals surface area contributed by atoms with E-state index in [0.717, 1.165) is 24.8 Å². The number of hydrogen-bond acceptors (Lipinski definition) is 8. The summed E-state index contributed by atoms with van der Waals surface area (Å²) in [5.74, 6) is -0.941. The third kappa shape index (κ3) is 6.36. The van der Waals surface area contributed by atoms with E-state index in [0.29, 0.717) is 5.65 Å². The Bertz CT molecular complexity index is 983. The van der Waals surface area contributed by atoms with Gasteiger partial charge in [-0.1, -0.05) is 19.4 Å². The third-order valence-corrected chi connectivity index (χ3v) is 3.82. The molecular formula is C18H24N6O5. The van der Waals surface area contributed by atoms with Crippen LogP contribution in [0.2, 0.25) is 0 Å². The first-order valence-electron chi connectivity index (χ1n) is 9.03. The minimum atomic E-state index is -0.970. The number of carboxylic acids is 1. The van der Waals surface area contributed by atoms with Gasteiger partial charge in [0.15, 0.2) is 11.2 Å². The van der Waals surface area contributed by atoms with Crippen molar-refractivity contribution in [1.82, 2.24) is 24.5 Å². The molecule has 3 heterocycles. The lowest BCUT2D eigenvalue weighted by Crippen LogP contribution is -2.13. The predicted molar refractivity (Wildman–Crippen MR) is 105 cm³/mol. The molecule has 3 aromatic rings. The van der Waals surface area contributed by atoms with E-state index in [1.165, 1.54) is 10.9 Å². The second kappa shape index (κ2) is 10.9. The smallest absolute Gasteiger partial charge is 0.354 e. The number of nitrogen functional groups attached to an aromatic ring is 1. The van der Waals surface area contributed by atoms with E-state index < -0.39 is 5.97 Å². The highest BCUT2D eigenvalue weighted by molar-refractivity contribution is 5.85. The molecule has 0 aliphatic heterocycles. The van der Waals surface area contributed by atoms with Crippen LogP contribution in [0.25, 0.3) is 11.2 Å². The van der Waals surface area contributed by atoms with Crippen molar-refractivity contribution in [3.8, 4) is 0 Å². The Morgan fingerprint density at radius 2 is 2.14 bits per heavy atom. The molecule has 11 heteroatoms. The van der Waals surface area contributed by atoms with Crippen LogP contribution in [0.3, 0.4) is 0 Å². The number of aliphatic hydroxyl groups excluding tert-OH is 1. The van der Waals surface area contributed by atoms with Gasteiger partial charge in [-0.15, -0.1) is 0 Å². The maximum absolute atomic E-state index is 11.4. The number of nitrogens with zero attached hydrogens (tertiary/aromatic N) is 4. The normalized spacial score (nSPS) is 10.6. The Kier molecular flexibility index (Phi) is 8.25. The van der Waals surface area contributed by atoms with Crippen molar-refractivity contribution in [3.05, 3.63) is 46.3 Å². The van der Waals surface area contributed by atoms with Gasteiger partial charge in [0, 0.05) is 6.20 Å². The molecule has 0 aliphatic carbocycles. The number of aliphatic hydroxyl groups is 1. The number of unbranched alkanes of at least 4 members (excludes halogenated alkanes) is 1. The second-order valence-corrected chi connectivity index (χ2v) is 6.06. The molecule has 0 unspecified atom stereocenters. The maximum atomic E-state index is 11.4. The van der Waals surface area contributed by atoms with E-state index in [9.17, 15) is 9.59 Å². The molecular weight excluding hydrogens is 380 g/mol. The fraction of sp³-hybridized carbons (Fsp3) is 0.389. The summed E-state index contributed by atoms with van der Waals surface area (Å²) in [5, 5.41) is 17.1. The molecule has 0 saturated carbocycles. The summed E-state index contributed by atoms with van der Waals surface area (Å²) in [6.45, 7) is 2.42. The predicted octanol–water partition coefficient (Wildman–Crippen LogP) is 0.791. The van der Waals surface area contributed by atoms with Crippen LogP contribution in [0.15, 0.2) is 29.5 Å². The second-order valence-electron chi connectivity index (χ2n) is 6.06. The van der Waals surface area contributed by atoms with E-state index in [-0.39, 0.29) is 42.7 Å². The van der Waals surface area contributed by atoms with Crippen molar-refractivity contribution in [2.75, 3.05) is 18.9 Å². The van der Waals surface area contributed by atoms with Crippen LogP contribution in [-0.4, -0.2) is 53.9 Å². The molecule has 0 bridgehead atoms. The maximum Gasteiger partial charge on any atom is 0.354 e. The van der Waals surface area contributed by atoms with Crippen molar-refractivity contribution in [3.63, 3.8) is 0 Å². The fourth-order valence-corrected chi connectivity index (χ4v) is 2.37. The summed E-state index contributed by atoms with van der Waals surface area (Å²) in [5.41, 5.74) is 6.82. The number of nitrogens with two attached hydrogens (primary N) is 1. The minimum absolute atomic E-state index is 0.0291. The molecule has 0 aliphatic rings. The number of ether oxygens (including phenoxy) is 1. The van der Waals surface area contributed by atoms with Crippen molar-refractivity contribution in [1.29, 1.82) is 0 Å². The van der Waals surface area contributed by atoms with Crippen LogP contribution in [0.4, 0.5) is 5.95 Å². The molecule has 0 fully saturated rings. The van der Waals surface area contributed by atoms with Crippen molar-refractivity contribution >= 4 is 23.1 Å². The molecule has 0 radical (unpaired) electrons. The van der Waals surface area contributed by atoms with Crippen LogP contribution in [0.1, 0.15) is 35.8 Å². The zero-order valence-corrected chi connectivity index (χ0v) is 16.0. The number of hydrogen-bond donors (Lipinski definition) is 4. The molecule has 0 saturated heterocycles. The minimum Gasteiger partial charge on any atom is -0.477 e. The summed E-state index contributed by atoms with van der Waals surface area (Å²) in [6, 6.07) is 3.37. The van der Waals surface area contributed by atoms with Crippen LogP contribution >= 0.6 is 0 Å². The largest absolute Gasteiger partial charge is 0.477 e. The lowest BCUT2D eigenvalue weighted by atomic mass is 10.1. The SMILES string of the molecule is CCCCc1ccc(C(=O)O)nc1.Nc1nc2c(ncn2COCCO)c(=O)[nH]1. The first-order chi connectivity index (χ1) is 14.0.